The number of nitrogens with zero attached hydrogens (tertiary/aromatic N) is 2. The molecule has 0 radical (unpaired) electrons. The lowest BCUT2D eigenvalue weighted by Crippen LogP contribution is -2.40. The van der Waals surface area contributed by atoms with Crippen LogP contribution in [0.15, 0.2) is 54.6 Å². The summed E-state index contributed by atoms with van der Waals surface area (Å²) in [7, 11) is 0. The van der Waals surface area contributed by atoms with Crippen molar-refractivity contribution in [2.45, 2.75) is 59.0 Å². The van der Waals surface area contributed by atoms with Crippen molar-refractivity contribution < 1.29 is 4.79 Å². The van der Waals surface area contributed by atoms with Crippen molar-refractivity contribution >= 4 is 11.7 Å². The normalized spacial score (nSPS) is 14.3. The summed E-state index contributed by atoms with van der Waals surface area (Å²) in [5, 5.41) is 3.23. The average molecular weight is 486 g/mol. The Morgan fingerprint density at radius 1 is 1.03 bits per heavy atom. The van der Waals surface area contributed by atoms with Crippen LogP contribution in [-0.2, 0) is 19.5 Å². The summed E-state index contributed by atoms with van der Waals surface area (Å²) in [6.45, 7) is 8.64. The monoisotopic (exact) mass is 485 g/mol. The number of nitrogens with two attached hydrogens (primary N) is 2. The maximum absolute atomic E-state index is 13.4. The van der Waals surface area contributed by atoms with Crippen LogP contribution < -0.4 is 16.8 Å². The highest BCUT2D eigenvalue weighted by molar-refractivity contribution is 5.96. The minimum atomic E-state index is -0.0779. The number of pyridine rings is 1. The van der Waals surface area contributed by atoms with Crippen LogP contribution in [0.5, 0.6) is 0 Å². The molecule has 2 aromatic carbocycles. The lowest BCUT2D eigenvalue weighted by atomic mass is 9.89. The molecular weight excluding hydrogens is 446 g/mol. The third-order valence-corrected chi connectivity index (χ3v) is 7.13. The summed E-state index contributed by atoms with van der Waals surface area (Å²) >= 11 is 0. The quantitative estimate of drug-likeness (QED) is 0.407. The fourth-order valence-electron chi connectivity index (χ4n) is 5.18. The number of piperidine rings is 1. The maximum Gasteiger partial charge on any atom is 0.321 e. The Morgan fingerprint density at radius 3 is 2.28 bits per heavy atom. The SMILES string of the molecule is Cc1nc(CC(C)C)c(CN)c(-c2ccc(CN)cc2)c1NC(=O)N1CCC(c2ccccc2)CC1. The van der Waals surface area contributed by atoms with E-state index in [1.807, 2.05) is 30.0 Å². The van der Waals surface area contributed by atoms with E-state index < -0.39 is 0 Å². The van der Waals surface area contributed by atoms with Crippen LogP contribution in [0.2, 0.25) is 0 Å². The van der Waals surface area contributed by atoms with Crippen LogP contribution >= 0.6 is 0 Å². The van der Waals surface area contributed by atoms with Gasteiger partial charge in [0.25, 0.3) is 0 Å². The molecule has 190 valence electrons. The molecule has 36 heavy (non-hydrogen) atoms. The number of likely N-dealkylation sites (tertiary alicyclic amines) is 1. The highest BCUT2D eigenvalue weighted by Gasteiger charge is 2.26. The molecule has 3 aromatic rings. The van der Waals surface area contributed by atoms with E-state index in [1.54, 1.807) is 0 Å². The van der Waals surface area contributed by atoms with Gasteiger partial charge in [0, 0.05) is 37.4 Å². The standard InChI is InChI=1S/C30H39N5O/c1-20(2)17-27-26(19-32)28(25-11-9-22(18-31)10-12-25)29(21(3)33-27)34-30(36)35-15-13-24(14-16-35)23-7-5-4-6-8-23/h4-12,20,24H,13-19,31-32H2,1-3H3,(H,34,36). The Bertz CT molecular complexity index is 1170. The smallest absolute Gasteiger partial charge is 0.321 e. The number of carbonyl (C=O) groups excluding carboxylic acids is 1. The third-order valence-electron chi connectivity index (χ3n) is 7.13. The number of benzene rings is 2. The van der Waals surface area contributed by atoms with Gasteiger partial charge in [0.1, 0.15) is 0 Å². The van der Waals surface area contributed by atoms with Crippen LogP contribution in [-0.4, -0.2) is 29.0 Å². The second-order valence-electron chi connectivity index (χ2n) is 10.2. The summed E-state index contributed by atoms with van der Waals surface area (Å²) in [5.74, 6) is 0.940. The van der Waals surface area contributed by atoms with Crippen molar-refractivity contribution in [2.24, 2.45) is 17.4 Å². The molecule has 1 aromatic heterocycles. The predicted octanol–water partition coefficient (Wildman–Crippen LogP) is 5.58. The van der Waals surface area contributed by atoms with Gasteiger partial charge >= 0.3 is 6.03 Å². The maximum atomic E-state index is 13.4. The van der Waals surface area contributed by atoms with Crippen LogP contribution in [0, 0.1) is 12.8 Å². The van der Waals surface area contributed by atoms with E-state index in [9.17, 15) is 4.79 Å². The first-order valence-electron chi connectivity index (χ1n) is 13.0. The lowest BCUT2D eigenvalue weighted by molar-refractivity contribution is 0.194. The van der Waals surface area contributed by atoms with E-state index in [-0.39, 0.29) is 6.03 Å². The highest BCUT2D eigenvalue weighted by Crippen LogP contribution is 2.37. The Balaban J connectivity index is 1.63. The summed E-state index contributed by atoms with van der Waals surface area (Å²) < 4.78 is 0. The Hall–Kier alpha value is -3.22. The Morgan fingerprint density at radius 2 is 1.69 bits per heavy atom. The molecule has 0 spiro atoms. The van der Waals surface area contributed by atoms with Gasteiger partial charge < -0.3 is 21.7 Å². The van der Waals surface area contributed by atoms with E-state index in [0.29, 0.717) is 24.9 Å². The van der Waals surface area contributed by atoms with E-state index in [1.165, 1.54) is 5.56 Å². The minimum absolute atomic E-state index is 0.0779. The van der Waals surface area contributed by atoms with Crippen LogP contribution in [0.3, 0.4) is 0 Å². The second-order valence-corrected chi connectivity index (χ2v) is 10.2. The van der Waals surface area contributed by atoms with Gasteiger partial charge in [0.05, 0.1) is 11.4 Å². The fourth-order valence-corrected chi connectivity index (χ4v) is 5.18. The fraction of sp³-hybridized carbons (Fsp3) is 0.400. The first-order valence-corrected chi connectivity index (χ1v) is 13.0. The average Bonchev–Trinajstić information content (AvgIpc) is 2.90. The van der Waals surface area contributed by atoms with Crippen molar-refractivity contribution in [3.05, 3.63) is 82.7 Å². The van der Waals surface area contributed by atoms with E-state index in [4.69, 9.17) is 16.5 Å². The van der Waals surface area contributed by atoms with E-state index in [2.05, 4.69) is 55.6 Å². The molecule has 0 saturated carbocycles. The van der Waals surface area contributed by atoms with Gasteiger partial charge in [-0.2, -0.15) is 0 Å². The number of rotatable bonds is 7. The molecule has 0 bridgehead atoms. The van der Waals surface area contributed by atoms with Gasteiger partial charge in [0.2, 0.25) is 0 Å². The summed E-state index contributed by atoms with van der Waals surface area (Å²) in [6.07, 6.45) is 2.76. The zero-order valence-corrected chi connectivity index (χ0v) is 21.8. The van der Waals surface area contributed by atoms with E-state index >= 15 is 0 Å². The zero-order chi connectivity index (χ0) is 25.7. The molecule has 1 aliphatic rings. The molecule has 2 amide bonds. The minimum Gasteiger partial charge on any atom is -0.326 e. The number of nitrogens with one attached hydrogen (secondary N) is 1. The highest BCUT2D eigenvalue weighted by atomic mass is 16.2. The third kappa shape index (κ3) is 5.77. The zero-order valence-electron chi connectivity index (χ0n) is 21.8. The number of anilines is 1. The molecule has 1 fully saturated rings. The Kier molecular flexibility index (Phi) is 8.39. The first-order chi connectivity index (χ1) is 17.4. The summed E-state index contributed by atoms with van der Waals surface area (Å²) in [6, 6.07) is 18.7. The number of hydrogen-bond donors (Lipinski definition) is 3. The number of aryl methyl sites for hydroxylation is 1. The molecule has 0 atom stereocenters. The molecule has 1 saturated heterocycles. The molecule has 0 unspecified atom stereocenters. The first kappa shape index (κ1) is 25.9. The van der Waals surface area contributed by atoms with Crippen molar-refractivity contribution in [3.8, 4) is 11.1 Å². The van der Waals surface area contributed by atoms with Gasteiger partial charge in [-0.15, -0.1) is 0 Å². The topological polar surface area (TPSA) is 97.3 Å². The van der Waals surface area contributed by atoms with Gasteiger partial charge in [-0.05, 0) is 60.3 Å². The number of carbonyl (C=O) groups is 1. The van der Waals surface area contributed by atoms with Crippen LogP contribution in [0.1, 0.15) is 60.7 Å². The molecule has 6 nitrogen and oxygen atoms in total. The number of aromatic nitrogens is 1. The summed E-state index contributed by atoms with van der Waals surface area (Å²) in [4.78, 5) is 20.3. The van der Waals surface area contributed by atoms with Gasteiger partial charge in [0.15, 0.2) is 0 Å². The van der Waals surface area contributed by atoms with Gasteiger partial charge in [-0.25, -0.2) is 4.79 Å². The summed E-state index contributed by atoms with van der Waals surface area (Å²) in [5.41, 5.74) is 20.1. The van der Waals surface area contributed by atoms with E-state index in [0.717, 1.165) is 71.7 Å². The predicted molar refractivity (Wildman–Crippen MR) is 148 cm³/mol. The van der Waals surface area contributed by atoms with Crippen LogP contribution in [0.4, 0.5) is 10.5 Å². The largest absolute Gasteiger partial charge is 0.326 e. The molecule has 0 aliphatic carbocycles. The molecule has 5 N–H and O–H groups in total. The Labute approximate surface area is 215 Å². The lowest BCUT2D eigenvalue weighted by Gasteiger charge is -2.33. The second kappa shape index (κ2) is 11.7. The van der Waals surface area contributed by atoms with Crippen molar-refractivity contribution in [2.75, 3.05) is 18.4 Å². The van der Waals surface area contributed by atoms with Crippen molar-refractivity contribution in [3.63, 3.8) is 0 Å². The number of amides is 2. The van der Waals surface area contributed by atoms with Crippen molar-refractivity contribution in [1.29, 1.82) is 0 Å². The molecule has 2 heterocycles. The van der Waals surface area contributed by atoms with Gasteiger partial charge in [-0.1, -0.05) is 68.4 Å². The molecular formula is C30H39N5O. The van der Waals surface area contributed by atoms with Gasteiger partial charge in [-0.3, -0.25) is 4.98 Å². The molecule has 6 heteroatoms. The molecule has 4 rings (SSSR count). The van der Waals surface area contributed by atoms with Crippen molar-refractivity contribution in [1.82, 2.24) is 9.88 Å². The number of hydrogen-bond acceptors (Lipinski definition) is 4. The number of urea groups is 1. The molecule has 1 aliphatic heterocycles. The van der Waals surface area contributed by atoms with Crippen LogP contribution in [0.25, 0.3) is 11.1 Å².